The zero-order chi connectivity index (χ0) is 16.7. The molecule has 1 heterocycles. The van der Waals surface area contributed by atoms with Gasteiger partial charge in [-0.2, -0.15) is 0 Å². The fourth-order valence-corrected chi connectivity index (χ4v) is 4.24. The van der Waals surface area contributed by atoms with E-state index in [1.54, 1.807) is 12.1 Å². The molecular formula is C20H25FN2O. The number of amides is 1. The molecule has 0 aliphatic heterocycles. The van der Waals surface area contributed by atoms with Crippen LogP contribution in [0.3, 0.4) is 0 Å². The van der Waals surface area contributed by atoms with Crippen molar-refractivity contribution in [2.24, 2.45) is 0 Å². The molecule has 4 heteroatoms. The van der Waals surface area contributed by atoms with Crippen LogP contribution in [-0.2, 0) is 11.2 Å². The highest BCUT2D eigenvalue weighted by molar-refractivity contribution is 5.90. The van der Waals surface area contributed by atoms with Gasteiger partial charge in [0.2, 0.25) is 5.91 Å². The van der Waals surface area contributed by atoms with Crippen LogP contribution in [0.5, 0.6) is 0 Å². The van der Waals surface area contributed by atoms with E-state index in [1.807, 2.05) is 6.92 Å². The predicted octanol–water partition coefficient (Wildman–Crippen LogP) is 4.48. The van der Waals surface area contributed by atoms with E-state index in [0.29, 0.717) is 18.5 Å². The minimum atomic E-state index is -0.249. The smallest absolute Gasteiger partial charge is 0.227 e. The van der Waals surface area contributed by atoms with E-state index in [2.05, 4.69) is 9.88 Å². The first-order chi connectivity index (χ1) is 11.6. The first-order valence-corrected chi connectivity index (χ1v) is 9.21. The minimum Gasteiger partial charge on any atom is -0.358 e. The minimum absolute atomic E-state index is 0.220. The molecule has 2 saturated carbocycles. The number of hydrogen-bond acceptors (Lipinski definition) is 1. The Morgan fingerprint density at radius 3 is 2.58 bits per heavy atom. The molecule has 1 aromatic carbocycles. The zero-order valence-electron chi connectivity index (χ0n) is 14.3. The highest BCUT2D eigenvalue weighted by Crippen LogP contribution is 2.35. The molecule has 24 heavy (non-hydrogen) atoms. The van der Waals surface area contributed by atoms with Crippen molar-refractivity contribution in [2.45, 2.75) is 70.4 Å². The number of carbonyl (C=O) groups excluding carboxylic acids is 1. The number of H-pyrrole nitrogens is 1. The van der Waals surface area contributed by atoms with Crippen molar-refractivity contribution in [1.82, 2.24) is 9.88 Å². The van der Waals surface area contributed by atoms with Gasteiger partial charge in [-0.3, -0.25) is 4.79 Å². The maximum atomic E-state index is 13.6. The Morgan fingerprint density at radius 1 is 1.17 bits per heavy atom. The molecule has 0 bridgehead atoms. The molecule has 0 saturated heterocycles. The standard InChI is InChI=1S/C20H25FN2O/c1-13-17(18-11-14(21)7-10-19(18)22-13)12-20(24)23(16-8-9-16)15-5-3-2-4-6-15/h7,10-11,15-16,22H,2-6,8-9,12H2,1H3. The predicted molar refractivity (Wildman–Crippen MR) is 93.4 cm³/mol. The molecule has 3 nitrogen and oxygen atoms in total. The van der Waals surface area contributed by atoms with Gasteiger partial charge < -0.3 is 9.88 Å². The number of carbonyl (C=O) groups is 1. The van der Waals surface area contributed by atoms with Crippen molar-refractivity contribution in [3.63, 3.8) is 0 Å². The second-order valence-electron chi connectivity index (χ2n) is 7.42. The highest BCUT2D eigenvalue weighted by atomic mass is 19.1. The fraction of sp³-hybridized carbons (Fsp3) is 0.550. The number of rotatable bonds is 4. The molecule has 2 aliphatic carbocycles. The third-order valence-corrected chi connectivity index (χ3v) is 5.61. The Morgan fingerprint density at radius 2 is 1.88 bits per heavy atom. The van der Waals surface area contributed by atoms with Crippen molar-refractivity contribution in [3.8, 4) is 0 Å². The summed E-state index contributed by atoms with van der Waals surface area (Å²) in [5.41, 5.74) is 2.84. The monoisotopic (exact) mass is 328 g/mol. The number of aromatic nitrogens is 1. The van der Waals surface area contributed by atoms with Gasteiger partial charge in [0.15, 0.2) is 0 Å². The number of fused-ring (bicyclic) bond motifs is 1. The Bertz CT molecular complexity index is 756. The van der Waals surface area contributed by atoms with Crippen LogP contribution in [0, 0.1) is 12.7 Å². The molecule has 2 aliphatic rings. The third-order valence-electron chi connectivity index (χ3n) is 5.61. The van der Waals surface area contributed by atoms with Crippen LogP contribution in [0.25, 0.3) is 10.9 Å². The number of aromatic amines is 1. The first-order valence-electron chi connectivity index (χ1n) is 9.21. The van der Waals surface area contributed by atoms with Gasteiger partial charge >= 0.3 is 0 Å². The number of aryl methyl sites for hydroxylation is 1. The summed E-state index contributed by atoms with van der Waals surface area (Å²) in [6.07, 6.45) is 8.71. The van der Waals surface area contributed by atoms with Crippen LogP contribution in [0.1, 0.15) is 56.2 Å². The van der Waals surface area contributed by atoms with Crippen molar-refractivity contribution >= 4 is 16.8 Å². The van der Waals surface area contributed by atoms with E-state index in [1.165, 1.54) is 25.3 Å². The van der Waals surface area contributed by atoms with Gasteiger partial charge in [-0.25, -0.2) is 4.39 Å². The summed E-state index contributed by atoms with van der Waals surface area (Å²) in [6.45, 7) is 1.97. The number of benzene rings is 1. The molecular weight excluding hydrogens is 303 g/mol. The summed E-state index contributed by atoms with van der Waals surface area (Å²) in [7, 11) is 0. The Kier molecular flexibility index (Phi) is 4.07. The molecule has 2 aromatic rings. The van der Waals surface area contributed by atoms with Gasteiger partial charge in [0, 0.05) is 28.7 Å². The molecule has 128 valence electrons. The molecule has 4 rings (SSSR count). The van der Waals surface area contributed by atoms with Gasteiger partial charge in [-0.05, 0) is 56.4 Å². The number of nitrogens with zero attached hydrogens (tertiary/aromatic N) is 1. The van der Waals surface area contributed by atoms with Gasteiger partial charge in [-0.15, -0.1) is 0 Å². The summed E-state index contributed by atoms with van der Waals surface area (Å²) < 4.78 is 13.6. The molecule has 0 radical (unpaired) electrons. The summed E-state index contributed by atoms with van der Waals surface area (Å²) in [4.78, 5) is 18.6. The van der Waals surface area contributed by atoms with Crippen LogP contribution >= 0.6 is 0 Å². The maximum Gasteiger partial charge on any atom is 0.227 e. The quantitative estimate of drug-likeness (QED) is 0.882. The molecule has 0 unspecified atom stereocenters. The topological polar surface area (TPSA) is 36.1 Å². The molecule has 0 spiro atoms. The molecule has 2 fully saturated rings. The van der Waals surface area contributed by atoms with Crippen molar-refractivity contribution in [2.75, 3.05) is 0 Å². The third kappa shape index (κ3) is 2.94. The summed E-state index contributed by atoms with van der Waals surface area (Å²) in [5, 5.41) is 0.847. The van der Waals surface area contributed by atoms with Crippen LogP contribution < -0.4 is 0 Å². The lowest BCUT2D eigenvalue weighted by Gasteiger charge is -2.34. The lowest BCUT2D eigenvalue weighted by atomic mass is 9.93. The lowest BCUT2D eigenvalue weighted by Crippen LogP contribution is -2.43. The normalized spacial score (nSPS) is 18.9. The van der Waals surface area contributed by atoms with Crippen LogP contribution in [0.4, 0.5) is 4.39 Å². The van der Waals surface area contributed by atoms with Crippen molar-refractivity contribution < 1.29 is 9.18 Å². The van der Waals surface area contributed by atoms with Crippen LogP contribution in [-0.4, -0.2) is 27.9 Å². The molecule has 1 aromatic heterocycles. The van der Waals surface area contributed by atoms with Gasteiger partial charge in [0.05, 0.1) is 6.42 Å². The van der Waals surface area contributed by atoms with E-state index < -0.39 is 0 Å². The molecule has 1 N–H and O–H groups in total. The Balaban J connectivity index is 1.60. The van der Waals surface area contributed by atoms with E-state index in [-0.39, 0.29) is 11.7 Å². The number of hydrogen-bond donors (Lipinski definition) is 1. The van der Waals surface area contributed by atoms with E-state index in [0.717, 1.165) is 47.8 Å². The van der Waals surface area contributed by atoms with E-state index in [4.69, 9.17) is 0 Å². The van der Waals surface area contributed by atoms with Crippen LogP contribution in [0.2, 0.25) is 0 Å². The fourth-order valence-electron chi connectivity index (χ4n) is 4.24. The summed E-state index contributed by atoms with van der Waals surface area (Å²) in [6, 6.07) is 5.63. The van der Waals surface area contributed by atoms with Gasteiger partial charge in [0.25, 0.3) is 0 Å². The largest absolute Gasteiger partial charge is 0.358 e. The Hall–Kier alpha value is -1.84. The summed E-state index contributed by atoms with van der Waals surface area (Å²) in [5.74, 6) is -0.0285. The van der Waals surface area contributed by atoms with Crippen molar-refractivity contribution in [1.29, 1.82) is 0 Å². The first kappa shape index (κ1) is 15.7. The highest BCUT2D eigenvalue weighted by Gasteiger charge is 2.37. The lowest BCUT2D eigenvalue weighted by molar-refractivity contribution is -0.134. The SMILES string of the molecule is Cc1[nH]c2ccc(F)cc2c1CC(=O)N(C1CCCCC1)C1CC1. The average Bonchev–Trinajstić information content (AvgIpc) is 3.35. The average molecular weight is 328 g/mol. The molecule has 1 amide bonds. The second kappa shape index (κ2) is 6.23. The van der Waals surface area contributed by atoms with Gasteiger partial charge in [0.1, 0.15) is 5.82 Å². The van der Waals surface area contributed by atoms with Crippen LogP contribution in [0.15, 0.2) is 18.2 Å². The Labute approximate surface area is 142 Å². The zero-order valence-corrected chi connectivity index (χ0v) is 14.3. The van der Waals surface area contributed by atoms with E-state index in [9.17, 15) is 9.18 Å². The number of halogens is 1. The van der Waals surface area contributed by atoms with Crippen molar-refractivity contribution in [3.05, 3.63) is 35.3 Å². The number of nitrogens with one attached hydrogen (secondary N) is 1. The van der Waals surface area contributed by atoms with Gasteiger partial charge in [-0.1, -0.05) is 19.3 Å². The van der Waals surface area contributed by atoms with E-state index >= 15 is 0 Å². The second-order valence-corrected chi connectivity index (χ2v) is 7.42. The maximum absolute atomic E-state index is 13.6. The summed E-state index contributed by atoms with van der Waals surface area (Å²) >= 11 is 0. The molecule has 0 atom stereocenters.